The fraction of sp³-hybridized carbons (Fsp3) is 0.545. The molecule has 158 valence electrons. The Kier molecular flexibility index (Phi) is 19.6. The first kappa shape index (κ1) is 33.1. The molecule has 29 heavy (non-hydrogen) atoms. The van der Waals surface area contributed by atoms with Crippen molar-refractivity contribution in [2.45, 2.75) is 53.2 Å². The summed E-state index contributed by atoms with van der Waals surface area (Å²) in [7, 11) is 1.94. The Morgan fingerprint density at radius 1 is 1.38 bits per heavy atom. The van der Waals surface area contributed by atoms with Crippen LogP contribution in [0, 0.1) is 24.7 Å². The van der Waals surface area contributed by atoms with Gasteiger partial charge in [0.1, 0.15) is 6.79 Å². The summed E-state index contributed by atoms with van der Waals surface area (Å²) in [5.74, 6) is 2.79. The average molecular weight is 430 g/mol. The molecule has 1 saturated heterocycles. The smallest absolute Gasteiger partial charge is 0.693 e. The van der Waals surface area contributed by atoms with Gasteiger partial charge in [0.15, 0.2) is 0 Å². The molecule has 0 spiro atoms. The van der Waals surface area contributed by atoms with Crippen molar-refractivity contribution in [3.05, 3.63) is 41.0 Å². The minimum atomic E-state index is -0.302. The van der Waals surface area contributed by atoms with Crippen molar-refractivity contribution in [1.82, 2.24) is 10.2 Å². The topological polar surface area (TPSA) is 103 Å². The zero-order chi connectivity index (χ0) is 21.0. The normalized spacial score (nSPS) is 14.7. The molecule has 4 N–H and O–H groups in total. The van der Waals surface area contributed by atoms with Crippen molar-refractivity contribution < 1.29 is 66.1 Å². The first-order valence-corrected chi connectivity index (χ1v) is 9.11. The molecule has 0 radical (unpaired) electrons. The molecule has 1 aliphatic heterocycles. The molecular weight excluding hydrogens is 393 g/mol. The van der Waals surface area contributed by atoms with Crippen molar-refractivity contribution in [2.24, 2.45) is 5.41 Å². The Bertz CT molecular complexity index is 639. The molecule has 0 saturated carbocycles. The number of benzene rings is 1. The molecule has 0 aliphatic carbocycles. The van der Waals surface area contributed by atoms with Gasteiger partial charge in [0.05, 0.1) is 6.10 Å². The molecule has 1 heterocycles. The van der Waals surface area contributed by atoms with Gasteiger partial charge in [0, 0.05) is 31.6 Å². The van der Waals surface area contributed by atoms with Crippen LogP contribution in [0.2, 0.25) is 0 Å². The number of hydrogen-bond acceptors (Lipinski definition) is 4. The number of carbonyl (C=O) groups excluding carboxylic acids is 2. The maximum Gasteiger partial charge on any atom is 1.00 e. The van der Waals surface area contributed by atoms with E-state index in [0.29, 0.717) is 13.0 Å². The number of β-amino-alcohol motifs (C(OH)–C–C–N with tert-alkyl or cyclic N) is 1. The van der Waals surface area contributed by atoms with Crippen molar-refractivity contribution in [1.29, 1.82) is 0 Å². The summed E-state index contributed by atoms with van der Waals surface area (Å²) < 4.78 is 0. The molecule has 1 amide bonds. The monoisotopic (exact) mass is 429 g/mol. The van der Waals surface area contributed by atoms with Crippen molar-refractivity contribution in [2.75, 3.05) is 20.1 Å². The number of carbonyl (C=O) groups is 2. The number of rotatable bonds is 3. The summed E-state index contributed by atoms with van der Waals surface area (Å²) in [4.78, 5) is 21.4. The second kappa shape index (κ2) is 17.2. The fourth-order valence-electron chi connectivity index (χ4n) is 2.71. The Hall–Kier alpha value is -0.564. The summed E-state index contributed by atoms with van der Waals surface area (Å²) in [5, 5.41) is 12.4. The number of aryl methyl sites for hydroxylation is 1. The van der Waals surface area contributed by atoms with E-state index in [1.54, 1.807) is 4.90 Å². The quantitative estimate of drug-likeness (QED) is 0.531. The summed E-state index contributed by atoms with van der Waals surface area (Å²) in [5.41, 5.74) is 3.55. The van der Waals surface area contributed by atoms with Crippen LogP contribution >= 0.6 is 0 Å². The molecule has 7 heteroatoms. The van der Waals surface area contributed by atoms with Crippen LogP contribution in [0.5, 0.6) is 0 Å². The third-order valence-electron chi connectivity index (χ3n) is 4.07. The van der Waals surface area contributed by atoms with E-state index in [2.05, 4.69) is 45.0 Å². The first-order valence-electron chi connectivity index (χ1n) is 9.11. The maximum atomic E-state index is 11.6. The predicted octanol–water partition coefficient (Wildman–Crippen LogP) is 0.248. The molecule has 0 aromatic heterocycles. The van der Waals surface area contributed by atoms with Gasteiger partial charge in [-0.05, 0) is 49.1 Å². The molecule has 2 rings (SSSR count). The summed E-state index contributed by atoms with van der Waals surface area (Å²) in [6, 6.07) is 6.08. The van der Waals surface area contributed by atoms with Gasteiger partial charge in [-0.25, -0.2) is 0 Å². The SMILES string of the molecule is C#Cc1ccc(CNC)c(C)c1.C=O.CC(C)(C)CC(=O)N1CCC(O)C1.[K+].[NH2-]. The van der Waals surface area contributed by atoms with Gasteiger partial charge in [0.2, 0.25) is 5.91 Å². The van der Waals surface area contributed by atoms with Crippen LogP contribution in [0.25, 0.3) is 6.15 Å². The van der Waals surface area contributed by atoms with Gasteiger partial charge < -0.3 is 26.3 Å². The average Bonchev–Trinajstić information content (AvgIpc) is 3.04. The van der Waals surface area contributed by atoms with E-state index >= 15 is 0 Å². The Morgan fingerprint density at radius 2 is 1.97 bits per heavy atom. The first-order chi connectivity index (χ1) is 12.7. The standard InChI is InChI=1S/C11H13N.C10H19NO2.CH2O.K.H2N/c1-4-10-5-6-11(8-12-3)9(2)7-10;1-10(2,3)6-9(13)11-5-4-8(12)7-11;1-2;;/h1,5-7,12H,8H2,2-3H3;8,12H,4-7H2,1-3H3;1H2;;1H2/q;;;+1;-1. The van der Waals surface area contributed by atoms with Crippen molar-refractivity contribution >= 4 is 12.7 Å². The molecule has 1 aromatic rings. The third-order valence-corrected chi connectivity index (χ3v) is 4.07. The minimum absolute atomic E-state index is 0. The predicted molar refractivity (Wildman–Crippen MR) is 116 cm³/mol. The summed E-state index contributed by atoms with van der Waals surface area (Å²) >= 11 is 0. The zero-order valence-electron chi connectivity index (χ0n) is 18.9. The van der Waals surface area contributed by atoms with E-state index in [9.17, 15) is 9.90 Å². The van der Waals surface area contributed by atoms with Crippen LogP contribution in [0.1, 0.15) is 50.3 Å². The van der Waals surface area contributed by atoms with E-state index in [1.807, 2.05) is 26.0 Å². The number of hydrogen-bond donors (Lipinski definition) is 2. The number of aliphatic hydroxyl groups excluding tert-OH is 1. The maximum absolute atomic E-state index is 11.6. The van der Waals surface area contributed by atoms with E-state index in [0.717, 1.165) is 25.1 Å². The molecule has 1 aromatic carbocycles. The van der Waals surface area contributed by atoms with Gasteiger partial charge in [-0.1, -0.05) is 32.8 Å². The minimum Gasteiger partial charge on any atom is -0.693 e. The second-order valence-corrected chi connectivity index (χ2v) is 7.84. The van der Waals surface area contributed by atoms with Gasteiger partial charge in [-0.3, -0.25) is 4.79 Å². The van der Waals surface area contributed by atoms with E-state index in [-0.39, 0.29) is 75.0 Å². The Labute approximate surface area is 219 Å². The zero-order valence-corrected chi connectivity index (χ0v) is 22.0. The van der Waals surface area contributed by atoms with Crippen LogP contribution in [0.4, 0.5) is 0 Å². The van der Waals surface area contributed by atoms with E-state index in [1.165, 1.54) is 11.1 Å². The van der Waals surface area contributed by atoms with E-state index < -0.39 is 0 Å². The molecular formula is C22H36KN3O3. The largest absolute Gasteiger partial charge is 1.00 e. The number of nitrogens with zero attached hydrogens (tertiary/aromatic N) is 1. The summed E-state index contributed by atoms with van der Waals surface area (Å²) in [6.07, 6.45) is 6.28. The fourth-order valence-corrected chi connectivity index (χ4v) is 2.71. The van der Waals surface area contributed by atoms with Crippen LogP contribution in [0.15, 0.2) is 18.2 Å². The number of aliphatic hydroxyl groups is 1. The number of nitrogens with two attached hydrogens (primary N) is 1. The number of terminal acetylenes is 1. The van der Waals surface area contributed by atoms with Crippen molar-refractivity contribution in [3.8, 4) is 12.3 Å². The molecule has 1 atom stereocenters. The number of nitrogens with one attached hydrogen (secondary N) is 1. The van der Waals surface area contributed by atoms with Crippen LogP contribution in [-0.2, 0) is 16.1 Å². The van der Waals surface area contributed by atoms with Gasteiger partial charge in [-0.2, -0.15) is 0 Å². The Morgan fingerprint density at radius 3 is 2.34 bits per heavy atom. The molecule has 1 unspecified atom stereocenters. The van der Waals surface area contributed by atoms with Gasteiger partial charge >= 0.3 is 51.4 Å². The third kappa shape index (κ3) is 14.1. The van der Waals surface area contributed by atoms with Crippen LogP contribution in [0.3, 0.4) is 0 Å². The summed E-state index contributed by atoms with van der Waals surface area (Å²) in [6.45, 7) is 12.4. The van der Waals surface area contributed by atoms with Crippen molar-refractivity contribution in [3.63, 3.8) is 0 Å². The Balaban J connectivity index is -0.000000404. The number of amides is 1. The number of likely N-dealkylation sites (tertiary alicyclic amines) is 1. The van der Waals surface area contributed by atoms with E-state index in [4.69, 9.17) is 11.2 Å². The van der Waals surface area contributed by atoms with Crippen LogP contribution < -0.4 is 56.7 Å². The van der Waals surface area contributed by atoms with Crippen LogP contribution in [-0.4, -0.2) is 48.9 Å². The second-order valence-electron chi connectivity index (χ2n) is 7.84. The van der Waals surface area contributed by atoms with Gasteiger partial charge in [0.25, 0.3) is 0 Å². The molecule has 1 aliphatic rings. The molecule has 1 fully saturated rings. The van der Waals surface area contributed by atoms with Gasteiger partial charge in [-0.15, -0.1) is 6.42 Å². The molecule has 0 bridgehead atoms. The molecule has 6 nitrogen and oxygen atoms in total.